The van der Waals surface area contributed by atoms with Crippen molar-refractivity contribution in [3.8, 4) is 10.6 Å². The number of aromatic nitrogens is 3. The first kappa shape index (κ1) is 19.5. The molecule has 0 atom stereocenters. The van der Waals surface area contributed by atoms with Crippen LogP contribution in [0.5, 0.6) is 0 Å². The Morgan fingerprint density at radius 2 is 2.00 bits per heavy atom. The van der Waals surface area contributed by atoms with E-state index in [1.807, 2.05) is 19.2 Å². The van der Waals surface area contributed by atoms with Gasteiger partial charge >= 0.3 is 0 Å². The fraction of sp³-hybridized carbons (Fsp3) is 0.100. The first-order chi connectivity index (χ1) is 14.0. The molecule has 3 heterocycles. The van der Waals surface area contributed by atoms with Crippen LogP contribution in [0.15, 0.2) is 48.0 Å². The summed E-state index contributed by atoms with van der Waals surface area (Å²) in [6.45, 7) is 3.97. The van der Waals surface area contributed by atoms with Gasteiger partial charge in [0.1, 0.15) is 5.82 Å². The number of amides is 1. The van der Waals surface area contributed by atoms with Gasteiger partial charge in [0.15, 0.2) is 5.13 Å². The maximum Gasteiger partial charge on any atom is 0.257 e. The fourth-order valence-corrected chi connectivity index (χ4v) is 4.54. The topological polar surface area (TPSA) is 79.8 Å². The molecule has 6 nitrogen and oxygen atoms in total. The molecule has 0 aliphatic carbocycles. The van der Waals surface area contributed by atoms with Crippen molar-refractivity contribution in [2.75, 3.05) is 10.6 Å². The summed E-state index contributed by atoms with van der Waals surface area (Å²) in [6, 6.07) is 10.5. The van der Waals surface area contributed by atoms with Gasteiger partial charge in [-0.25, -0.2) is 15.0 Å². The van der Waals surface area contributed by atoms with Crippen LogP contribution in [-0.2, 0) is 0 Å². The van der Waals surface area contributed by atoms with Gasteiger partial charge in [-0.05, 0) is 44.2 Å². The average Bonchev–Trinajstić information content (AvgIpc) is 3.28. The van der Waals surface area contributed by atoms with Crippen LogP contribution in [-0.4, -0.2) is 20.9 Å². The van der Waals surface area contributed by atoms with Crippen LogP contribution in [0.4, 0.5) is 16.6 Å². The molecular formula is C20H16ClN5OS2. The fourth-order valence-electron chi connectivity index (χ4n) is 2.69. The predicted molar refractivity (Wildman–Crippen MR) is 120 cm³/mol. The summed E-state index contributed by atoms with van der Waals surface area (Å²) in [4.78, 5) is 26.8. The molecule has 0 fully saturated rings. The molecule has 1 amide bonds. The second kappa shape index (κ2) is 8.28. The van der Waals surface area contributed by atoms with Crippen LogP contribution in [0.2, 0.25) is 5.02 Å². The van der Waals surface area contributed by atoms with E-state index in [0.717, 1.165) is 26.4 Å². The lowest BCUT2D eigenvalue weighted by Crippen LogP contribution is -2.12. The maximum atomic E-state index is 12.4. The molecule has 2 N–H and O–H groups in total. The molecular weight excluding hydrogens is 426 g/mol. The smallest absolute Gasteiger partial charge is 0.257 e. The third-order valence-corrected chi connectivity index (χ3v) is 6.07. The number of anilines is 3. The number of carbonyl (C=O) groups is 1. The number of rotatable bonds is 5. The average molecular weight is 442 g/mol. The van der Waals surface area contributed by atoms with Gasteiger partial charge in [-0.2, -0.15) is 0 Å². The normalized spacial score (nSPS) is 10.7. The molecule has 0 saturated carbocycles. The third kappa shape index (κ3) is 4.61. The summed E-state index contributed by atoms with van der Waals surface area (Å²) < 4.78 is 0. The number of aryl methyl sites for hydroxylation is 2. The number of hydrogen-bond acceptors (Lipinski definition) is 7. The van der Waals surface area contributed by atoms with Gasteiger partial charge in [-0.1, -0.05) is 17.7 Å². The standard InChI is InChI=1S/C20H16ClN5OS2/c1-11-18(29-12(2)23-11)16-10-28-20(25-16)26-17-7-6-13(9-22-17)19(27)24-15-5-3-4-14(21)8-15/h3-10H,1-2H3,(H,24,27)(H,22,25,26). The maximum absolute atomic E-state index is 12.4. The molecule has 0 saturated heterocycles. The van der Waals surface area contributed by atoms with Crippen molar-refractivity contribution in [3.05, 3.63) is 69.3 Å². The molecule has 29 heavy (non-hydrogen) atoms. The summed E-state index contributed by atoms with van der Waals surface area (Å²) >= 11 is 9.07. The van der Waals surface area contributed by atoms with Crippen LogP contribution in [0.3, 0.4) is 0 Å². The number of carbonyl (C=O) groups excluding carboxylic acids is 1. The lowest BCUT2D eigenvalue weighted by atomic mass is 10.2. The van der Waals surface area contributed by atoms with Gasteiger partial charge in [-0.3, -0.25) is 4.79 Å². The Balaban J connectivity index is 1.43. The van der Waals surface area contributed by atoms with Gasteiger partial charge in [-0.15, -0.1) is 22.7 Å². The van der Waals surface area contributed by atoms with Crippen LogP contribution >= 0.6 is 34.3 Å². The van der Waals surface area contributed by atoms with E-state index >= 15 is 0 Å². The lowest BCUT2D eigenvalue weighted by Gasteiger charge is -2.06. The molecule has 4 rings (SSSR count). The first-order valence-corrected chi connectivity index (χ1v) is 10.8. The highest BCUT2D eigenvalue weighted by atomic mass is 35.5. The minimum Gasteiger partial charge on any atom is -0.322 e. The molecule has 0 spiro atoms. The Morgan fingerprint density at radius 3 is 2.69 bits per heavy atom. The van der Waals surface area contributed by atoms with E-state index in [2.05, 4.69) is 25.6 Å². The number of pyridine rings is 1. The number of halogens is 1. The number of nitrogens with one attached hydrogen (secondary N) is 2. The van der Waals surface area contributed by atoms with Gasteiger partial charge < -0.3 is 10.6 Å². The van der Waals surface area contributed by atoms with Gasteiger partial charge in [0.05, 0.1) is 26.8 Å². The Kier molecular flexibility index (Phi) is 5.57. The zero-order valence-electron chi connectivity index (χ0n) is 15.6. The molecule has 1 aromatic carbocycles. The first-order valence-electron chi connectivity index (χ1n) is 8.68. The SMILES string of the molecule is Cc1nc(C)c(-c2csc(Nc3ccc(C(=O)Nc4cccc(Cl)c4)cn3)n2)s1. The van der Waals surface area contributed by atoms with Gasteiger partial charge in [0, 0.05) is 22.3 Å². The molecule has 0 bridgehead atoms. The second-order valence-electron chi connectivity index (χ2n) is 6.21. The van der Waals surface area contributed by atoms with Crippen LogP contribution in [0, 0.1) is 13.8 Å². The van der Waals surface area contributed by atoms with Gasteiger partial charge in [0.2, 0.25) is 0 Å². The number of nitrogens with zero attached hydrogens (tertiary/aromatic N) is 3. The summed E-state index contributed by atoms with van der Waals surface area (Å²) in [5.41, 5.74) is 2.97. The zero-order valence-corrected chi connectivity index (χ0v) is 18.0. The molecule has 0 radical (unpaired) electrons. The summed E-state index contributed by atoms with van der Waals surface area (Å²) in [7, 11) is 0. The van der Waals surface area contributed by atoms with E-state index in [-0.39, 0.29) is 5.91 Å². The van der Waals surface area contributed by atoms with Crippen molar-refractivity contribution in [2.45, 2.75) is 13.8 Å². The molecule has 0 aliphatic heterocycles. The quantitative estimate of drug-likeness (QED) is 0.401. The van der Waals surface area contributed by atoms with Crippen LogP contribution in [0.1, 0.15) is 21.1 Å². The zero-order chi connectivity index (χ0) is 20.4. The molecule has 9 heteroatoms. The molecule has 0 aliphatic rings. The van der Waals surface area contributed by atoms with E-state index in [4.69, 9.17) is 11.6 Å². The molecule has 4 aromatic rings. The van der Waals surface area contributed by atoms with E-state index in [1.165, 1.54) is 17.5 Å². The predicted octanol–water partition coefficient (Wildman–Crippen LogP) is 5.93. The van der Waals surface area contributed by atoms with Crippen LogP contribution in [0.25, 0.3) is 10.6 Å². The number of thiazole rings is 2. The monoisotopic (exact) mass is 441 g/mol. The minimum atomic E-state index is -0.251. The van der Waals surface area contributed by atoms with Crippen molar-refractivity contribution in [1.82, 2.24) is 15.0 Å². The van der Waals surface area contributed by atoms with Crippen molar-refractivity contribution in [2.24, 2.45) is 0 Å². The largest absolute Gasteiger partial charge is 0.322 e. The molecule has 3 aromatic heterocycles. The van der Waals surface area contributed by atoms with E-state index in [1.54, 1.807) is 47.7 Å². The third-order valence-electron chi connectivity index (χ3n) is 3.98. The van der Waals surface area contributed by atoms with E-state index in [0.29, 0.717) is 22.1 Å². The Morgan fingerprint density at radius 1 is 1.14 bits per heavy atom. The van der Waals surface area contributed by atoms with Crippen molar-refractivity contribution in [1.29, 1.82) is 0 Å². The second-order valence-corrected chi connectivity index (χ2v) is 8.70. The van der Waals surface area contributed by atoms with Crippen molar-refractivity contribution in [3.63, 3.8) is 0 Å². The number of hydrogen-bond donors (Lipinski definition) is 2. The number of benzene rings is 1. The Labute approximate surface area is 180 Å². The van der Waals surface area contributed by atoms with Crippen LogP contribution < -0.4 is 10.6 Å². The molecule has 146 valence electrons. The highest BCUT2D eigenvalue weighted by Gasteiger charge is 2.12. The van der Waals surface area contributed by atoms with Gasteiger partial charge in [0.25, 0.3) is 5.91 Å². The molecule has 0 unspecified atom stereocenters. The Hall–Kier alpha value is -2.81. The summed E-state index contributed by atoms with van der Waals surface area (Å²) in [5, 5.41) is 10.3. The Bertz CT molecular complexity index is 1170. The highest BCUT2D eigenvalue weighted by Crippen LogP contribution is 2.32. The summed E-state index contributed by atoms with van der Waals surface area (Å²) in [5.74, 6) is 0.362. The lowest BCUT2D eigenvalue weighted by molar-refractivity contribution is 0.102. The van der Waals surface area contributed by atoms with Crippen molar-refractivity contribution < 1.29 is 4.79 Å². The van der Waals surface area contributed by atoms with E-state index < -0.39 is 0 Å². The minimum absolute atomic E-state index is 0.251. The highest BCUT2D eigenvalue weighted by molar-refractivity contribution is 7.16. The summed E-state index contributed by atoms with van der Waals surface area (Å²) in [6.07, 6.45) is 1.52. The van der Waals surface area contributed by atoms with E-state index in [9.17, 15) is 4.79 Å². The van der Waals surface area contributed by atoms with Crippen molar-refractivity contribution >= 4 is 56.8 Å².